The van der Waals surface area contributed by atoms with E-state index >= 15 is 0 Å². The van der Waals surface area contributed by atoms with E-state index in [1.807, 2.05) is 0 Å². The number of nitro benzene ring substituents is 1. The van der Waals surface area contributed by atoms with Crippen LogP contribution < -0.4 is 0 Å². The summed E-state index contributed by atoms with van der Waals surface area (Å²) in [7, 11) is 4.05. The fourth-order valence-electron chi connectivity index (χ4n) is 2.58. The van der Waals surface area contributed by atoms with Gasteiger partial charge in [0, 0.05) is 25.5 Å². The fourth-order valence-corrected chi connectivity index (χ4v) is 2.76. The first kappa shape index (κ1) is 18.5. The van der Waals surface area contributed by atoms with Crippen molar-refractivity contribution in [3.63, 3.8) is 0 Å². The van der Waals surface area contributed by atoms with Crippen molar-refractivity contribution in [2.45, 2.75) is 5.92 Å². The fraction of sp³-hybridized carbons (Fsp3) is 0.250. The van der Waals surface area contributed by atoms with Crippen LogP contribution in [0.1, 0.15) is 11.5 Å². The number of carbonyl (C=O) groups is 2. The highest BCUT2D eigenvalue weighted by Crippen LogP contribution is 2.39. The molecule has 0 saturated heterocycles. The zero-order valence-electron chi connectivity index (χ0n) is 13.7. The lowest BCUT2D eigenvalue weighted by Crippen LogP contribution is -2.27. The molecular formula is C16H15ClN2O6. The number of rotatable bonds is 4. The molecule has 1 aromatic rings. The summed E-state index contributed by atoms with van der Waals surface area (Å²) in [5.74, 6) is -2.21. The van der Waals surface area contributed by atoms with Crippen molar-refractivity contribution in [1.82, 2.24) is 4.90 Å². The highest BCUT2D eigenvalue weighted by Gasteiger charge is 2.35. The second-order valence-corrected chi connectivity index (χ2v) is 5.63. The Labute approximate surface area is 148 Å². The second-order valence-electron chi connectivity index (χ2n) is 5.22. The number of esters is 2. The van der Waals surface area contributed by atoms with E-state index in [1.54, 1.807) is 7.05 Å². The van der Waals surface area contributed by atoms with Crippen molar-refractivity contribution in [2.24, 2.45) is 0 Å². The number of nitro groups is 1. The average Bonchev–Trinajstić information content (AvgIpc) is 2.59. The molecule has 2 rings (SSSR count). The maximum Gasteiger partial charge on any atom is 0.336 e. The van der Waals surface area contributed by atoms with Gasteiger partial charge in [0.05, 0.1) is 36.2 Å². The van der Waals surface area contributed by atoms with Crippen LogP contribution in [-0.4, -0.2) is 43.0 Å². The highest BCUT2D eigenvalue weighted by molar-refractivity contribution is 6.32. The molecule has 0 N–H and O–H groups in total. The number of hydrogen-bond donors (Lipinski definition) is 0. The van der Waals surface area contributed by atoms with Gasteiger partial charge in [-0.2, -0.15) is 0 Å². The smallest absolute Gasteiger partial charge is 0.336 e. The molecule has 0 amide bonds. The zero-order valence-corrected chi connectivity index (χ0v) is 14.4. The molecule has 25 heavy (non-hydrogen) atoms. The number of carbonyl (C=O) groups excluding carboxylic acids is 2. The number of methoxy groups -OCH3 is 2. The molecule has 0 aliphatic carbocycles. The number of nitrogens with zero attached hydrogens (tertiary/aromatic N) is 2. The predicted molar refractivity (Wildman–Crippen MR) is 88.8 cm³/mol. The summed E-state index contributed by atoms with van der Waals surface area (Å²) >= 11 is 5.84. The zero-order chi connectivity index (χ0) is 18.7. The first-order valence-corrected chi connectivity index (χ1v) is 7.43. The standard InChI is InChI=1S/C16H15ClN2O6/c1-18-7-10(15(20)24-2)14(11(8-18)16(21)25-3)9-4-5-12(17)13(6-9)19(22)23/h4-8,14H,1-3H3. The minimum absolute atomic E-state index is 0.0473. The van der Waals surface area contributed by atoms with Crippen molar-refractivity contribution in [1.29, 1.82) is 0 Å². The normalized spacial score (nSPS) is 14.5. The Bertz CT molecular complexity index is 768. The molecule has 0 aromatic heterocycles. The topological polar surface area (TPSA) is 99.0 Å². The van der Waals surface area contributed by atoms with Crippen LogP contribution in [0.25, 0.3) is 0 Å². The highest BCUT2D eigenvalue weighted by atomic mass is 35.5. The van der Waals surface area contributed by atoms with Crippen LogP contribution in [0.15, 0.2) is 41.7 Å². The van der Waals surface area contributed by atoms with Gasteiger partial charge >= 0.3 is 11.9 Å². The summed E-state index contributed by atoms with van der Waals surface area (Å²) in [4.78, 5) is 36.4. The van der Waals surface area contributed by atoms with E-state index in [4.69, 9.17) is 21.1 Å². The second kappa shape index (κ2) is 7.35. The Hall–Kier alpha value is -2.87. The van der Waals surface area contributed by atoms with Crippen molar-refractivity contribution >= 4 is 29.2 Å². The number of benzene rings is 1. The van der Waals surface area contributed by atoms with Gasteiger partial charge in [-0.1, -0.05) is 17.7 Å². The molecule has 8 nitrogen and oxygen atoms in total. The number of hydrogen-bond acceptors (Lipinski definition) is 7. The van der Waals surface area contributed by atoms with E-state index in [2.05, 4.69) is 0 Å². The summed E-state index contributed by atoms with van der Waals surface area (Å²) in [5, 5.41) is 11.1. The van der Waals surface area contributed by atoms with Gasteiger partial charge in [0.25, 0.3) is 5.69 Å². The quantitative estimate of drug-likeness (QED) is 0.458. The third-order valence-corrected chi connectivity index (χ3v) is 3.97. The van der Waals surface area contributed by atoms with Crippen LogP contribution in [0.4, 0.5) is 5.69 Å². The first-order chi connectivity index (χ1) is 11.8. The lowest BCUT2D eigenvalue weighted by atomic mass is 9.83. The van der Waals surface area contributed by atoms with Crippen LogP contribution in [0.2, 0.25) is 5.02 Å². The molecular weight excluding hydrogens is 352 g/mol. The SMILES string of the molecule is COC(=O)C1=CN(C)C=C(C(=O)OC)C1c1ccc(Cl)c([N+](=O)[O-])c1. The Kier molecular flexibility index (Phi) is 5.43. The van der Waals surface area contributed by atoms with Gasteiger partial charge in [0.2, 0.25) is 0 Å². The van der Waals surface area contributed by atoms with E-state index in [9.17, 15) is 19.7 Å². The lowest BCUT2D eigenvalue weighted by Gasteiger charge is -2.28. The summed E-state index contributed by atoms with van der Waals surface area (Å²) in [5.41, 5.74) is 0.304. The molecule has 1 aliphatic rings. The predicted octanol–water partition coefficient (Wildman–Crippen LogP) is 2.39. The van der Waals surface area contributed by atoms with Gasteiger partial charge in [-0.3, -0.25) is 10.1 Å². The summed E-state index contributed by atoms with van der Waals surface area (Å²) in [6.45, 7) is 0. The molecule has 0 fully saturated rings. The van der Waals surface area contributed by atoms with Gasteiger partial charge in [-0.05, 0) is 11.6 Å². The van der Waals surface area contributed by atoms with Crippen molar-refractivity contribution in [3.8, 4) is 0 Å². The molecule has 132 valence electrons. The molecule has 0 spiro atoms. The molecule has 9 heteroatoms. The maximum absolute atomic E-state index is 12.2. The molecule has 0 saturated carbocycles. The number of halogens is 1. The van der Waals surface area contributed by atoms with Crippen LogP contribution in [0.3, 0.4) is 0 Å². The van der Waals surface area contributed by atoms with E-state index in [-0.39, 0.29) is 21.9 Å². The maximum atomic E-state index is 12.2. The lowest BCUT2D eigenvalue weighted by molar-refractivity contribution is -0.384. The van der Waals surface area contributed by atoms with Crippen LogP contribution in [0.5, 0.6) is 0 Å². The van der Waals surface area contributed by atoms with E-state index in [1.165, 1.54) is 49.7 Å². The van der Waals surface area contributed by atoms with Crippen molar-refractivity contribution < 1.29 is 24.0 Å². The largest absolute Gasteiger partial charge is 0.466 e. The Morgan fingerprint density at radius 1 is 1.16 bits per heavy atom. The Balaban J connectivity index is 2.66. The minimum Gasteiger partial charge on any atom is -0.466 e. The Morgan fingerprint density at radius 2 is 1.68 bits per heavy atom. The van der Waals surface area contributed by atoms with Gasteiger partial charge < -0.3 is 14.4 Å². The molecule has 0 radical (unpaired) electrons. The molecule has 0 unspecified atom stereocenters. The first-order valence-electron chi connectivity index (χ1n) is 7.06. The van der Waals surface area contributed by atoms with E-state index in [0.717, 1.165) is 0 Å². The molecule has 1 aliphatic heterocycles. The average molecular weight is 367 g/mol. The number of ether oxygens (including phenoxy) is 2. The van der Waals surface area contributed by atoms with Gasteiger partial charge in [-0.15, -0.1) is 0 Å². The van der Waals surface area contributed by atoms with Gasteiger partial charge in [0.1, 0.15) is 5.02 Å². The van der Waals surface area contributed by atoms with Crippen molar-refractivity contribution in [2.75, 3.05) is 21.3 Å². The third-order valence-electron chi connectivity index (χ3n) is 3.65. The van der Waals surface area contributed by atoms with E-state index in [0.29, 0.717) is 5.56 Å². The molecule has 0 bridgehead atoms. The third kappa shape index (κ3) is 3.63. The molecule has 1 heterocycles. The van der Waals surface area contributed by atoms with Crippen LogP contribution in [0, 0.1) is 10.1 Å². The monoisotopic (exact) mass is 366 g/mol. The van der Waals surface area contributed by atoms with Gasteiger partial charge in [0.15, 0.2) is 0 Å². The Morgan fingerprint density at radius 3 is 2.12 bits per heavy atom. The van der Waals surface area contributed by atoms with Crippen molar-refractivity contribution in [3.05, 3.63) is 62.4 Å². The molecule has 1 aromatic carbocycles. The molecule has 0 atom stereocenters. The van der Waals surface area contributed by atoms with Crippen LogP contribution >= 0.6 is 11.6 Å². The summed E-state index contributed by atoms with van der Waals surface area (Å²) in [6.07, 6.45) is 2.98. The summed E-state index contributed by atoms with van der Waals surface area (Å²) in [6, 6.07) is 4.09. The summed E-state index contributed by atoms with van der Waals surface area (Å²) < 4.78 is 9.56. The van der Waals surface area contributed by atoms with Gasteiger partial charge in [-0.25, -0.2) is 9.59 Å². The minimum atomic E-state index is -0.882. The van der Waals surface area contributed by atoms with E-state index < -0.39 is 22.8 Å². The van der Waals surface area contributed by atoms with Crippen LogP contribution in [-0.2, 0) is 19.1 Å².